The number of benzene rings is 6. The maximum Gasteiger partial charge on any atom is 0.0193 e. The molecular formula is C61H78P2. The first kappa shape index (κ1) is 48.6. The van der Waals surface area contributed by atoms with E-state index in [1.54, 1.807) is 0 Å². The monoisotopic (exact) mass is 873 g/mol. The molecule has 0 saturated carbocycles. The van der Waals surface area contributed by atoms with Gasteiger partial charge < -0.3 is 0 Å². The van der Waals surface area contributed by atoms with Crippen molar-refractivity contribution in [2.24, 2.45) is 17.3 Å². The van der Waals surface area contributed by atoms with Crippen molar-refractivity contribution in [3.05, 3.63) is 189 Å². The van der Waals surface area contributed by atoms with E-state index in [1.807, 2.05) is 0 Å². The summed E-state index contributed by atoms with van der Waals surface area (Å²) in [5.41, 5.74) is 14.8. The summed E-state index contributed by atoms with van der Waals surface area (Å²) in [7, 11) is -1.89. The fraction of sp³-hybridized carbons (Fsp3) is 0.410. The van der Waals surface area contributed by atoms with Crippen LogP contribution in [0.3, 0.4) is 0 Å². The fourth-order valence-corrected chi connectivity index (χ4v) is 18.4. The lowest BCUT2D eigenvalue weighted by Crippen LogP contribution is -2.47. The molecule has 0 N–H and O–H groups in total. The minimum Gasteiger partial charge on any atom is -0.0622 e. The Balaban J connectivity index is 1.88. The summed E-state index contributed by atoms with van der Waals surface area (Å²) in [6.07, 6.45) is 8.28. The quantitative estimate of drug-likeness (QED) is 0.0671. The zero-order chi connectivity index (χ0) is 45.3. The van der Waals surface area contributed by atoms with Crippen LogP contribution in [-0.4, -0.2) is 0 Å². The Labute approximate surface area is 387 Å². The smallest absolute Gasteiger partial charge is 0.0193 e. The lowest BCUT2D eigenvalue weighted by Gasteiger charge is -2.57. The molecule has 0 bridgehead atoms. The Bertz CT molecular complexity index is 2000. The molecule has 2 heteroatoms. The highest BCUT2D eigenvalue weighted by Crippen LogP contribution is 2.74. The average Bonchev–Trinajstić information content (AvgIpc) is 3.32. The van der Waals surface area contributed by atoms with E-state index in [4.69, 9.17) is 0 Å². The van der Waals surface area contributed by atoms with Crippen molar-refractivity contribution in [1.29, 1.82) is 0 Å². The summed E-state index contributed by atoms with van der Waals surface area (Å²) in [6, 6.07) is 54.8. The van der Waals surface area contributed by atoms with Crippen LogP contribution in [0.25, 0.3) is 0 Å². The van der Waals surface area contributed by atoms with E-state index >= 15 is 0 Å². The largest absolute Gasteiger partial charge is 0.0622 e. The Morgan fingerprint density at radius 3 is 0.698 bits per heavy atom. The molecule has 0 spiro atoms. The summed E-state index contributed by atoms with van der Waals surface area (Å²) in [5, 5.41) is 6.15. The molecule has 0 nitrogen and oxygen atoms in total. The fourth-order valence-electron chi connectivity index (χ4n) is 10.7. The van der Waals surface area contributed by atoms with Gasteiger partial charge in [-0.3, -0.25) is 0 Å². The van der Waals surface area contributed by atoms with Crippen LogP contribution < -0.4 is 21.2 Å². The van der Waals surface area contributed by atoms with Gasteiger partial charge in [0.1, 0.15) is 0 Å². The Morgan fingerprint density at radius 2 is 0.524 bits per heavy atom. The number of rotatable bonds is 20. The minimum absolute atomic E-state index is 0.202. The second kappa shape index (κ2) is 22.4. The molecule has 0 saturated heterocycles. The van der Waals surface area contributed by atoms with Gasteiger partial charge in [-0.2, -0.15) is 0 Å². The Kier molecular flexibility index (Phi) is 17.3. The van der Waals surface area contributed by atoms with Gasteiger partial charge in [0.25, 0.3) is 0 Å². The van der Waals surface area contributed by atoms with Crippen LogP contribution in [0.4, 0.5) is 0 Å². The summed E-state index contributed by atoms with van der Waals surface area (Å²) in [4.78, 5) is 0. The second-order valence-electron chi connectivity index (χ2n) is 18.5. The van der Waals surface area contributed by atoms with E-state index in [0.29, 0.717) is 11.8 Å². The van der Waals surface area contributed by atoms with Gasteiger partial charge in [0.2, 0.25) is 0 Å². The van der Waals surface area contributed by atoms with E-state index in [0.717, 1.165) is 51.4 Å². The molecule has 6 rings (SSSR count). The van der Waals surface area contributed by atoms with Gasteiger partial charge in [0.15, 0.2) is 0 Å². The highest BCUT2D eigenvalue weighted by Gasteiger charge is 2.56. The molecule has 0 amide bonds. The van der Waals surface area contributed by atoms with E-state index in [2.05, 4.69) is 217 Å². The SMILES string of the molecule is CCc1cc(CC)cc(P(c2cc(CC)cc(CC)c2)C(c2ccccc2)C(C(C)C)(C(C)C)C(c2ccccc2)P(c2cc(CC)cc(CC)c2)c2cc(CC)cc(CC)c2)c1. The third-order valence-electron chi connectivity index (χ3n) is 14.2. The van der Waals surface area contributed by atoms with Crippen LogP contribution in [0.1, 0.15) is 150 Å². The van der Waals surface area contributed by atoms with E-state index in [9.17, 15) is 0 Å². The molecule has 0 aliphatic heterocycles. The maximum atomic E-state index is 2.63. The highest BCUT2D eigenvalue weighted by molar-refractivity contribution is 7.74. The molecule has 6 aromatic carbocycles. The van der Waals surface area contributed by atoms with Crippen LogP contribution in [0, 0.1) is 17.3 Å². The Morgan fingerprint density at radius 1 is 0.317 bits per heavy atom. The van der Waals surface area contributed by atoms with E-state index in [-0.39, 0.29) is 16.7 Å². The van der Waals surface area contributed by atoms with Crippen LogP contribution in [0.15, 0.2) is 133 Å². The van der Waals surface area contributed by atoms with Gasteiger partial charge in [-0.05, 0) is 161 Å². The number of hydrogen-bond acceptors (Lipinski definition) is 0. The topological polar surface area (TPSA) is 0 Å². The summed E-state index contributed by atoms with van der Waals surface area (Å²) >= 11 is 0. The number of hydrogen-bond donors (Lipinski definition) is 0. The van der Waals surface area contributed by atoms with Gasteiger partial charge in [-0.15, -0.1) is 0 Å². The normalized spacial score (nSPS) is 13.1. The van der Waals surface area contributed by atoms with Crippen LogP contribution in [0.5, 0.6) is 0 Å². The van der Waals surface area contributed by atoms with Gasteiger partial charge in [-0.1, -0.05) is 217 Å². The highest BCUT2D eigenvalue weighted by atomic mass is 31.1. The molecule has 2 unspecified atom stereocenters. The zero-order valence-corrected chi connectivity index (χ0v) is 42.9. The van der Waals surface area contributed by atoms with E-state index < -0.39 is 15.8 Å². The predicted octanol–water partition coefficient (Wildman–Crippen LogP) is 15.5. The molecular weight excluding hydrogens is 795 g/mol. The first-order valence-electron chi connectivity index (χ1n) is 24.7. The van der Waals surface area contributed by atoms with Crippen molar-refractivity contribution >= 4 is 37.1 Å². The summed E-state index contributed by atoms with van der Waals surface area (Å²) < 4.78 is 0. The first-order valence-corrected chi connectivity index (χ1v) is 27.5. The van der Waals surface area contributed by atoms with E-state index in [1.165, 1.54) is 76.9 Å². The molecule has 0 heterocycles. The van der Waals surface area contributed by atoms with Crippen molar-refractivity contribution in [2.75, 3.05) is 0 Å². The molecule has 332 valence electrons. The molecule has 0 radical (unpaired) electrons. The van der Waals surface area contributed by atoms with Crippen molar-refractivity contribution in [3.63, 3.8) is 0 Å². The first-order chi connectivity index (χ1) is 30.5. The second-order valence-corrected chi connectivity index (χ2v) is 23.1. The molecule has 0 aliphatic rings. The van der Waals surface area contributed by atoms with Gasteiger partial charge >= 0.3 is 0 Å². The Hall–Kier alpha value is -3.82. The van der Waals surface area contributed by atoms with Crippen molar-refractivity contribution < 1.29 is 0 Å². The third kappa shape index (κ3) is 10.5. The lowest BCUT2D eigenvalue weighted by molar-refractivity contribution is 0.0988. The zero-order valence-electron chi connectivity index (χ0n) is 41.1. The predicted molar refractivity (Wildman–Crippen MR) is 284 cm³/mol. The molecule has 63 heavy (non-hydrogen) atoms. The van der Waals surface area contributed by atoms with Crippen molar-refractivity contribution in [1.82, 2.24) is 0 Å². The summed E-state index contributed by atoms with van der Waals surface area (Å²) in [5.74, 6) is 0.672. The minimum atomic E-state index is -0.943. The van der Waals surface area contributed by atoms with Crippen LogP contribution in [0.2, 0.25) is 0 Å². The number of aryl methyl sites for hydroxylation is 8. The van der Waals surface area contributed by atoms with Crippen molar-refractivity contribution in [3.8, 4) is 0 Å². The lowest BCUT2D eigenvalue weighted by atomic mass is 9.61. The average molecular weight is 873 g/mol. The molecule has 2 atom stereocenters. The molecule has 6 aromatic rings. The van der Waals surface area contributed by atoms with Crippen LogP contribution in [-0.2, 0) is 51.4 Å². The summed E-state index contributed by atoms with van der Waals surface area (Å²) in [6.45, 7) is 29.2. The van der Waals surface area contributed by atoms with Gasteiger partial charge in [-0.25, -0.2) is 0 Å². The van der Waals surface area contributed by atoms with Gasteiger partial charge in [0, 0.05) is 11.3 Å². The molecule has 0 fully saturated rings. The maximum absolute atomic E-state index is 2.63. The van der Waals surface area contributed by atoms with Crippen molar-refractivity contribution in [2.45, 2.75) is 146 Å². The third-order valence-corrected chi connectivity index (χ3v) is 20.0. The molecule has 0 aliphatic carbocycles. The standard InChI is InChI=1S/C61H78P2/c1-13-45-31-46(14-2)36-55(35-45)62(56-37-47(15-3)32-48(16-4)38-56)59(53-27-23-21-24-28-53)61(43(9)10,44(11)12)60(54-29-25-22-26-30-54)63(57-39-49(17-5)33-50(18-6)40-57)58-41-51(19-7)34-52(20-8)42-58/h21-44,59-60H,13-20H2,1-12H3. The van der Waals surface area contributed by atoms with Crippen LogP contribution >= 0.6 is 15.8 Å². The van der Waals surface area contributed by atoms with Gasteiger partial charge in [0.05, 0.1) is 0 Å². The molecule has 0 aromatic heterocycles.